The minimum atomic E-state index is -0.500. The Morgan fingerprint density at radius 1 is 1.22 bits per heavy atom. The number of nitrogens with two attached hydrogens (primary N) is 1. The largest absolute Gasteiger partial charge is 0.484 e. The first-order chi connectivity index (χ1) is 11.0. The topological polar surface area (TPSA) is 81.4 Å². The fraction of sp³-hybridized carbons (Fsp3) is 0.176. The monoisotopic (exact) mass is 332 g/mol. The zero-order chi connectivity index (χ0) is 16.8. The van der Waals surface area contributed by atoms with Crippen LogP contribution in [0.3, 0.4) is 0 Å². The summed E-state index contributed by atoms with van der Waals surface area (Å²) in [5, 5.41) is 3.37. The van der Waals surface area contributed by atoms with Gasteiger partial charge >= 0.3 is 0 Å². The van der Waals surface area contributed by atoms with E-state index in [1.165, 1.54) is 0 Å². The molecule has 120 valence electrons. The number of amides is 2. The molecule has 0 saturated carbocycles. The fourth-order valence-corrected chi connectivity index (χ4v) is 2.06. The number of primary amides is 1. The number of benzene rings is 2. The molecule has 2 amide bonds. The van der Waals surface area contributed by atoms with Crippen molar-refractivity contribution < 1.29 is 14.3 Å². The molecule has 0 saturated heterocycles. The number of ether oxygens (including phenoxy) is 1. The molecule has 2 rings (SSSR count). The lowest BCUT2D eigenvalue weighted by Crippen LogP contribution is -2.28. The van der Waals surface area contributed by atoms with E-state index in [0.717, 1.165) is 11.1 Å². The van der Waals surface area contributed by atoms with E-state index in [2.05, 4.69) is 5.32 Å². The lowest BCUT2D eigenvalue weighted by Gasteiger charge is -2.09. The summed E-state index contributed by atoms with van der Waals surface area (Å²) in [5.41, 5.74) is 7.30. The molecule has 0 fully saturated rings. The number of aryl methyl sites for hydroxylation is 1. The van der Waals surface area contributed by atoms with Crippen molar-refractivity contribution >= 4 is 23.4 Å². The molecule has 0 heterocycles. The summed E-state index contributed by atoms with van der Waals surface area (Å²) in [4.78, 5) is 22.9. The van der Waals surface area contributed by atoms with Crippen LogP contribution in [0.2, 0.25) is 5.02 Å². The molecule has 0 aliphatic heterocycles. The van der Waals surface area contributed by atoms with Gasteiger partial charge < -0.3 is 15.8 Å². The third-order valence-electron chi connectivity index (χ3n) is 3.20. The number of carbonyl (C=O) groups excluding carboxylic acids is 2. The van der Waals surface area contributed by atoms with Crippen LogP contribution in [0.4, 0.5) is 0 Å². The molecule has 3 N–H and O–H groups in total. The Bertz CT molecular complexity index is 732. The molecule has 0 radical (unpaired) electrons. The van der Waals surface area contributed by atoms with Gasteiger partial charge in [-0.25, -0.2) is 0 Å². The molecule has 0 unspecified atom stereocenters. The Hall–Kier alpha value is -2.53. The maximum atomic E-state index is 11.8. The molecule has 0 atom stereocenters. The molecule has 23 heavy (non-hydrogen) atoms. The minimum absolute atomic E-state index is 0.101. The second kappa shape index (κ2) is 7.65. The van der Waals surface area contributed by atoms with Crippen LogP contribution in [0, 0.1) is 6.92 Å². The predicted octanol–water partition coefficient (Wildman–Crippen LogP) is 2.44. The van der Waals surface area contributed by atoms with Crippen LogP contribution in [0.25, 0.3) is 0 Å². The van der Waals surface area contributed by atoms with Gasteiger partial charge in [0.25, 0.3) is 5.91 Å². The van der Waals surface area contributed by atoms with Gasteiger partial charge in [-0.15, -0.1) is 0 Å². The van der Waals surface area contributed by atoms with Gasteiger partial charge in [0.1, 0.15) is 5.75 Å². The Kier molecular flexibility index (Phi) is 5.60. The SMILES string of the molecule is Cc1cc(OCC(=O)NCc2cccc(C(N)=O)c2)ccc1Cl. The first kappa shape index (κ1) is 16.8. The van der Waals surface area contributed by atoms with E-state index in [1.54, 1.807) is 42.5 Å². The van der Waals surface area contributed by atoms with E-state index < -0.39 is 5.91 Å². The summed E-state index contributed by atoms with van der Waals surface area (Å²) in [6, 6.07) is 12.0. The Labute approximate surface area is 139 Å². The van der Waals surface area contributed by atoms with Crippen molar-refractivity contribution in [3.8, 4) is 5.75 Å². The average molecular weight is 333 g/mol. The normalized spacial score (nSPS) is 10.2. The second-order valence-electron chi connectivity index (χ2n) is 5.04. The van der Waals surface area contributed by atoms with Crippen LogP contribution in [0.1, 0.15) is 21.5 Å². The number of nitrogens with one attached hydrogen (secondary N) is 1. The van der Waals surface area contributed by atoms with E-state index in [4.69, 9.17) is 22.1 Å². The molecule has 6 heteroatoms. The highest BCUT2D eigenvalue weighted by Crippen LogP contribution is 2.20. The van der Waals surface area contributed by atoms with Crippen molar-refractivity contribution in [2.24, 2.45) is 5.73 Å². The van der Waals surface area contributed by atoms with Gasteiger partial charge in [0, 0.05) is 17.1 Å². The summed E-state index contributed by atoms with van der Waals surface area (Å²) in [7, 11) is 0. The van der Waals surface area contributed by atoms with Crippen LogP contribution in [-0.4, -0.2) is 18.4 Å². The van der Waals surface area contributed by atoms with Gasteiger partial charge in [0.05, 0.1) is 0 Å². The summed E-state index contributed by atoms with van der Waals surface area (Å²) >= 11 is 5.93. The summed E-state index contributed by atoms with van der Waals surface area (Å²) < 4.78 is 5.41. The Morgan fingerprint density at radius 2 is 2.00 bits per heavy atom. The van der Waals surface area contributed by atoms with Crippen LogP contribution < -0.4 is 15.8 Å². The van der Waals surface area contributed by atoms with Crippen molar-refractivity contribution in [2.75, 3.05) is 6.61 Å². The van der Waals surface area contributed by atoms with Crippen molar-refractivity contribution in [3.05, 3.63) is 64.2 Å². The quantitative estimate of drug-likeness (QED) is 0.852. The molecule has 0 bridgehead atoms. The predicted molar refractivity (Wildman–Crippen MR) is 88.5 cm³/mol. The number of hydrogen-bond donors (Lipinski definition) is 2. The first-order valence-corrected chi connectivity index (χ1v) is 7.38. The highest BCUT2D eigenvalue weighted by molar-refractivity contribution is 6.31. The lowest BCUT2D eigenvalue weighted by atomic mass is 10.1. The van der Waals surface area contributed by atoms with E-state index in [9.17, 15) is 9.59 Å². The van der Waals surface area contributed by atoms with Crippen LogP contribution in [-0.2, 0) is 11.3 Å². The molecule has 0 aliphatic carbocycles. The highest BCUT2D eigenvalue weighted by Gasteiger charge is 2.06. The highest BCUT2D eigenvalue weighted by atomic mass is 35.5. The molecule has 5 nitrogen and oxygen atoms in total. The Balaban J connectivity index is 1.84. The van der Waals surface area contributed by atoms with E-state index in [0.29, 0.717) is 22.9 Å². The van der Waals surface area contributed by atoms with Gasteiger partial charge in [0.15, 0.2) is 6.61 Å². The summed E-state index contributed by atoms with van der Waals surface area (Å²) in [5.74, 6) is -0.181. The van der Waals surface area contributed by atoms with Gasteiger partial charge in [-0.05, 0) is 48.4 Å². The summed E-state index contributed by atoms with van der Waals surface area (Å²) in [6.07, 6.45) is 0. The third kappa shape index (κ3) is 5.00. The fourth-order valence-electron chi connectivity index (χ4n) is 1.94. The minimum Gasteiger partial charge on any atom is -0.484 e. The molecule has 2 aromatic carbocycles. The van der Waals surface area contributed by atoms with Gasteiger partial charge in [-0.3, -0.25) is 9.59 Å². The zero-order valence-electron chi connectivity index (χ0n) is 12.6. The number of hydrogen-bond acceptors (Lipinski definition) is 3. The zero-order valence-corrected chi connectivity index (χ0v) is 13.4. The standard InChI is InChI=1S/C17H17ClN2O3/c1-11-7-14(5-6-15(11)18)23-10-16(21)20-9-12-3-2-4-13(8-12)17(19)22/h2-8H,9-10H2,1H3,(H2,19,22)(H,20,21). The van der Waals surface area contributed by atoms with Crippen molar-refractivity contribution in [1.29, 1.82) is 0 Å². The van der Waals surface area contributed by atoms with E-state index in [-0.39, 0.29) is 12.5 Å². The van der Waals surface area contributed by atoms with E-state index in [1.807, 2.05) is 6.92 Å². The maximum absolute atomic E-state index is 11.8. The molecular weight excluding hydrogens is 316 g/mol. The molecule has 0 aliphatic rings. The maximum Gasteiger partial charge on any atom is 0.258 e. The Morgan fingerprint density at radius 3 is 2.70 bits per heavy atom. The molecule has 2 aromatic rings. The molecular formula is C17H17ClN2O3. The van der Waals surface area contributed by atoms with Crippen LogP contribution in [0.15, 0.2) is 42.5 Å². The lowest BCUT2D eigenvalue weighted by molar-refractivity contribution is -0.123. The second-order valence-corrected chi connectivity index (χ2v) is 5.45. The average Bonchev–Trinajstić information content (AvgIpc) is 2.54. The number of carbonyl (C=O) groups is 2. The van der Waals surface area contributed by atoms with Gasteiger partial charge in [-0.1, -0.05) is 23.7 Å². The van der Waals surface area contributed by atoms with Gasteiger partial charge in [-0.2, -0.15) is 0 Å². The third-order valence-corrected chi connectivity index (χ3v) is 3.62. The van der Waals surface area contributed by atoms with Gasteiger partial charge in [0.2, 0.25) is 5.91 Å². The van der Waals surface area contributed by atoms with Crippen molar-refractivity contribution in [3.63, 3.8) is 0 Å². The number of halogens is 1. The van der Waals surface area contributed by atoms with Crippen molar-refractivity contribution in [1.82, 2.24) is 5.32 Å². The first-order valence-electron chi connectivity index (χ1n) is 7.00. The van der Waals surface area contributed by atoms with Crippen molar-refractivity contribution in [2.45, 2.75) is 13.5 Å². The molecule has 0 aromatic heterocycles. The molecule has 0 spiro atoms. The smallest absolute Gasteiger partial charge is 0.258 e. The summed E-state index contributed by atoms with van der Waals surface area (Å²) in [6.45, 7) is 2.06. The van der Waals surface area contributed by atoms with E-state index >= 15 is 0 Å². The number of rotatable bonds is 6. The van der Waals surface area contributed by atoms with Crippen LogP contribution in [0.5, 0.6) is 5.75 Å². The van der Waals surface area contributed by atoms with Crippen LogP contribution >= 0.6 is 11.6 Å².